The number of rotatable bonds is 6. The third-order valence-electron chi connectivity index (χ3n) is 6.16. The molecule has 2 heterocycles. The number of likely N-dealkylation sites (N-methyl/N-ethyl adjacent to an activating group) is 1. The van der Waals surface area contributed by atoms with Gasteiger partial charge in [0.25, 0.3) is 5.91 Å². The summed E-state index contributed by atoms with van der Waals surface area (Å²) in [5.41, 5.74) is 1.09. The fraction of sp³-hybridized carbons (Fsp3) is 0.560. The van der Waals surface area contributed by atoms with Crippen molar-refractivity contribution in [3.8, 4) is 5.75 Å². The van der Waals surface area contributed by atoms with Gasteiger partial charge in [0.05, 0.1) is 18.2 Å². The summed E-state index contributed by atoms with van der Waals surface area (Å²) < 4.78 is 12.0. The van der Waals surface area contributed by atoms with Crippen LogP contribution in [0, 0.1) is 5.92 Å². The number of fused-ring (bicyclic) bond motifs is 1. The van der Waals surface area contributed by atoms with E-state index >= 15 is 0 Å². The van der Waals surface area contributed by atoms with Crippen molar-refractivity contribution in [2.75, 3.05) is 39.2 Å². The predicted octanol–water partition coefficient (Wildman–Crippen LogP) is 3.89. The van der Waals surface area contributed by atoms with Crippen molar-refractivity contribution in [3.05, 3.63) is 40.3 Å². The molecule has 1 aromatic heterocycles. The second-order valence-corrected chi connectivity index (χ2v) is 9.94. The molecule has 34 heavy (non-hydrogen) atoms. The van der Waals surface area contributed by atoms with Crippen LogP contribution in [0.25, 0.3) is 0 Å². The predicted molar refractivity (Wildman–Crippen MR) is 134 cm³/mol. The minimum Gasteiger partial charge on any atom is -0.491 e. The highest BCUT2D eigenvalue weighted by molar-refractivity contribution is 7.09. The van der Waals surface area contributed by atoms with Crippen molar-refractivity contribution in [2.45, 2.75) is 52.3 Å². The summed E-state index contributed by atoms with van der Waals surface area (Å²) in [6.07, 6.45) is 2.92. The Morgan fingerprint density at radius 1 is 1.32 bits per heavy atom. The first kappa shape index (κ1) is 26.1. The number of nitrogens with one attached hydrogen (secondary N) is 1. The van der Waals surface area contributed by atoms with Gasteiger partial charge in [-0.3, -0.25) is 14.5 Å². The van der Waals surface area contributed by atoms with Gasteiger partial charge in [0, 0.05) is 63.0 Å². The van der Waals surface area contributed by atoms with Crippen LogP contribution >= 0.6 is 11.3 Å². The first-order chi connectivity index (χ1) is 16.3. The molecule has 0 unspecified atom stereocenters. The van der Waals surface area contributed by atoms with E-state index in [1.54, 1.807) is 48.6 Å². The molecule has 1 aliphatic rings. The molecule has 2 aromatic rings. The van der Waals surface area contributed by atoms with Crippen molar-refractivity contribution < 1.29 is 19.1 Å². The second-order valence-electron chi connectivity index (χ2n) is 8.96. The van der Waals surface area contributed by atoms with Crippen molar-refractivity contribution in [2.24, 2.45) is 5.92 Å². The Bertz CT molecular complexity index is 952. The standard InChI is InChI=1S/C25H36N4O4S/c1-6-7-23(30)27-19-8-9-20-21(12-19)33-16-18(3)29(15-24-26-10-11-34-24)13-17(2)22(32-5)14-28(4)25(20)31/h8-12,17-18,22H,6-7,13-16H2,1-5H3,(H,27,30)/t17-,18-,22+/m0/s1. The monoisotopic (exact) mass is 488 g/mol. The topological polar surface area (TPSA) is 84.0 Å². The number of thiazole rings is 1. The maximum atomic E-state index is 13.3. The van der Waals surface area contributed by atoms with Crippen molar-refractivity contribution in [3.63, 3.8) is 0 Å². The van der Waals surface area contributed by atoms with E-state index in [2.05, 4.69) is 29.0 Å². The summed E-state index contributed by atoms with van der Waals surface area (Å²) in [4.78, 5) is 33.9. The molecule has 2 amide bonds. The van der Waals surface area contributed by atoms with E-state index in [4.69, 9.17) is 9.47 Å². The number of hydrogen-bond acceptors (Lipinski definition) is 7. The summed E-state index contributed by atoms with van der Waals surface area (Å²) in [6.45, 7) is 8.59. The Morgan fingerprint density at radius 2 is 2.12 bits per heavy atom. The number of anilines is 1. The fourth-order valence-corrected chi connectivity index (χ4v) is 4.74. The van der Waals surface area contributed by atoms with Crippen molar-refractivity contribution >= 4 is 28.8 Å². The van der Waals surface area contributed by atoms with Crippen LogP contribution in [0.2, 0.25) is 0 Å². The highest BCUT2D eigenvalue weighted by atomic mass is 32.1. The quantitative estimate of drug-likeness (QED) is 0.664. The van der Waals surface area contributed by atoms with Crippen molar-refractivity contribution in [1.29, 1.82) is 0 Å². The average molecular weight is 489 g/mol. The largest absolute Gasteiger partial charge is 0.491 e. The van der Waals surface area contributed by atoms with Crippen LogP contribution in [0.3, 0.4) is 0 Å². The summed E-state index contributed by atoms with van der Waals surface area (Å²) in [7, 11) is 3.48. The lowest BCUT2D eigenvalue weighted by Crippen LogP contribution is -2.46. The molecule has 8 nitrogen and oxygen atoms in total. The molecular formula is C25H36N4O4S. The zero-order valence-corrected chi connectivity index (χ0v) is 21.6. The lowest BCUT2D eigenvalue weighted by Gasteiger charge is -2.35. The van der Waals surface area contributed by atoms with E-state index in [9.17, 15) is 9.59 Å². The Balaban J connectivity index is 1.92. The maximum Gasteiger partial charge on any atom is 0.257 e. The molecule has 0 spiro atoms. The molecule has 186 valence electrons. The third kappa shape index (κ3) is 6.77. The summed E-state index contributed by atoms with van der Waals surface area (Å²) >= 11 is 1.64. The number of hydrogen-bond donors (Lipinski definition) is 1. The first-order valence-corrected chi connectivity index (χ1v) is 12.7. The summed E-state index contributed by atoms with van der Waals surface area (Å²) in [5.74, 6) is 0.468. The molecule has 1 aromatic carbocycles. The molecule has 1 aliphatic heterocycles. The van der Waals surface area contributed by atoms with E-state index < -0.39 is 0 Å². The molecule has 3 rings (SSSR count). The Hall–Kier alpha value is -2.49. The van der Waals surface area contributed by atoms with Gasteiger partial charge in [0.15, 0.2) is 0 Å². The van der Waals surface area contributed by atoms with Gasteiger partial charge in [-0.1, -0.05) is 13.8 Å². The van der Waals surface area contributed by atoms with E-state index in [0.29, 0.717) is 36.6 Å². The Labute approximate surface area is 206 Å². The lowest BCUT2D eigenvalue weighted by atomic mass is 10.0. The van der Waals surface area contributed by atoms with Gasteiger partial charge in [-0.2, -0.15) is 0 Å². The van der Waals surface area contributed by atoms with Gasteiger partial charge in [0.2, 0.25) is 5.91 Å². The zero-order valence-electron chi connectivity index (χ0n) is 20.7. The second kappa shape index (κ2) is 12.3. The number of amides is 2. The number of ether oxygens (including phenoxy) is 2. The number of carbonyl (C=O) groups excluding carboxylic acids is 2. The van der Waals surface area contributed by atoms with Gasteiger partial charge >= 0.3 is 0 Å². The molecule has 0 saturated carbocycles. The smallest absolute Gasteiger partial charge is 0.257 e. The van der Waals surface area contributed by atoms with Crippen LogP contribution in [-0.2, 0) is 16.1 Å². The van der Waals surface area contributed by atoms with Crippen LogP contribution in [0.15, 0.2) is 29.8 Å². The number of benzene rings is 1. The minimum atomic E-state index is -0.136. The van der Waals surface area contributed by atoms with Crippen LogP contribution < -0.4 is 10.1 Å². The van der Waals surface area contributed by atoms with Gasteiger partial charge in [-0.05, 0) is 31.4 Å². The molecule has 9 heteroatoms. The maximum absolute atomic E-state index is 13.3. The summed E-state index contributed by atoms with van der Waals surface area (Å²) in [6, 6.07) is 5.30. The number of nitrogens with zero attached hydrogens (tertiary/aromatic N) is 3. The normalized spacial score (nSPS) is 22.3. The molecule has 1 N–H and O–H groups in total. The van der Waals surface area contributed by atoms with Crippen LogP contribution in [-0.4, -0.2) is 72.6 Å². The average Bonchev–Trinajstić information content (AvgIpc) is 3.32. The molecule has 0 fully saturated rings. The van der Waals surface area contributed by atoms with Gasteiger partial charge in [-0.15, -0.1) is 11.3 Å². The Morgan fingerprint density at radius 3 is 2.79 bits per heavy atom. The van der Waals surface area contributed by atoms with Crippen LogP contribution in [0.5, 0.6) is 5.75 Å². The molecule has 0 bridgehead atoms. The van der Waals surface area contributed by atoms with Gasteiger partial charge < -0.3 is 19.7 Å². The van der Waals surface area contributed by atoms with Gasteiger partial charge in [0.1, 0.15) is 17.4 Å². The van der Waals surface area contributed by atoms with Crippen LogP contribution in [0.1, 0.15) is 49.0 Å². The SMILES string of the molecule is CCCC(=O)Nc1ccc2c(c1)OC[C@H](C)N(Cc1nccs1)C[C@H](C)[C@H](OC)CN(C)C2=O. The lowest BCUT2D eigenvalue weighted by molar-refractivity contribution is -0.116. The third-order valence-corrected chi connectivity index (χ3v) is 6.92. The highest BCUT2D eigenvalue weighted by Crippen LogP contribution is 2.27. The minimum absolute atomic E-state index is 0.0565. The van der Waals surface area contributed by atoms with E-state index in [0.717, 1.165) is 24.5 Å². The van der Waals surface area contributed by atoms with Crippen LogP contribution in [0.4, 0.5) is 5.69 Å². The number of carbonyl (C=O) groups is 2. The molecule has 0 aliphatic carbocycles. The molecular weight excluding hydrogens is 452 g/mol. The van der Waals surface area contributed by atoms with E-state index in [1.807, 2.05) is 18.5 Å². The molecule has 3 atom stereocenters. The van der Waals surface area contributed by atoms with E-state index in [-0.39, 0.29) is 29.9 Å². The number of aromatic nitrogens is 1. The van der Waals surface area contributed by atoms with Gasteiger partial charge in [-0.25, -0.2) is 4.98 Å². The highest BCUT2D eigenvalue weighted by Gasteiger charge is 2.28. The number of methoxy groups -OCH3 is 1. The Kier molecular flexibility index (Phi) is 9.44. The van der Waals surface area contributed by atoms with Crippen molar-refractivity contribution in [1.82, 2.24) is 14.8 Å². The molecule has 0 saturated heterocycles. The fourth-order valence-electron chi connectivity index (χ4n) is 4.10. The van der Waals surface area contributed by atoms with E-state index in [1.165, 1.54) is 0 Å². The first-order valence-electron chi connectivity index (χ1n) is 11.8. The zero-order chi connectivity index (χ0) is 24.7. The summed E-state index contributed by atoms with van der Waals surface area (Å²) in [5, 5.41) is 5.93. The molecule has 0 radical (unpaired) electrons.